The maximum atomic E-state index is 14.1. The van der Waals surface area contributed by atoms with Gasteiger partial charge >= 0.3 is 6.18 Å². The molecule has 11 heteroatoms. The van der Waals surface area contributed by atoms with Crippen molar-refractivity contribution in [1.29, 1.82) is 0 Å². The van der Waals surface area contributed by atoms with Gasteiger partial charge in [-0.05, 0) is 74.3 Å². The Labute approximate surface area is 237 Å². The third kappa shape index (κ3) is 6.17. The third-order valence-electron chi connectivity index (χ3n) is 8.18. The molecule has 0 bridgehead atoms. The van der Waals surface area contributed by atoms with Crippen LogP contribution in [-0.2, 0) is 10.4 Å². The zero-order valence-electron chi connectivity index (χ0n) is 22.6. The second-order valence-electron chi connectivity index (χ2n) is 10.6. The number of carbonyl (C=O) groups excluding carboxylic acids is 2. The van der Waals surface area contributed by atoms with Crippen molar-refractivity contribution in [2.45, 2.75) is 43.9 Å². The van der Waals surface area contributed by atoms with Gasteiger partial charge in [0.2, 0.25) is 0 Å². The summed E-state index contributed by atoms with van der Waals surface area (Å²) in [7, 11) is 2.87. The van der Waals surface area contributed by atoms with Crippen LogP contribution in [0.5, 0.6) is 5.75 Å². The van der Waals surface area contributed by atoms with Crippen molar-refractivity contribution in [2.24, 2.45) is 11.8 Å². The fourth-order valence-electron chi connectivity index (χ4n) is 5.77. The predicted molar refractivity (Wildman–Crippen MR) is 147 cm³/mol. The van der Waals surface area contributed by atoms with E-state index in [-0.39, 0.29) is 24.7 Å². The van der Waals surface area contributed by atoms with Crippen molar-refractivity contribution in [1.82, 2.24) is 10.2 Å². The largest absolute Gasteiger partial charge is 0.497 e. The van der Waals surface area contributed by atoms with E-state index in [1.54, 1.807) is 13.1 Å². The summed E-state index contributed by atoms with van der Waals surface area (Å²) in [5.41, 5.74) is -2.79. The van der Waals surface area contributed by atoms with E-state index in [0.717, 1.165) is 55.1 Å². The highest BCUT2D eigenvalue weighted by molar-refractivity contribution is 6.34. The number of nitrogens with one attached hydrogen (secondary N) is 1. The van der Waals surface area contributed by atoms with Crippen LogP contribution in [0.25, 0.3) is 0 Å². The van der Waals surface area contributed by atoms with E-state index in [2.05, 4.69) is 10.2 Å². The third-order valence-corrected chi connectivity index (χ3v) is 8.49. The minimum atomic E-state index is -5.19. The van der Waals surface area contributed by atoms with Gasteiger partial charge in [-0.2, -0.15) is 13.2 Å². The van der Waals surface area contributed by atoms with Crippen LogP contribution in [-0.4, -0.2) is 68.3 Å². The Morgan fingerprint density at radius 3 is 2.20 bits per heavy atom. The normalized spacial score (nSPS) is 18.8. The predicted octanol–water partition coefficient (Wildman–Crippen LogP) is 5.00. The standard InChI is InChI=1S/C29H35ClF3N3O4/c1-34-26(37)24-7-6-22(18-25(24)30)35-12-8-19(9-13-35)16-20-10-14-36(15-11-20)27(38)28(39,29(31,32)33)21-4-3-5-23(17-21)40-2/h3-7,17-20,39H,8-16H2,1-2H3,(H,34,37)/t28-/m1/s1. The van der Waals surface area contributed by atoms with Crippen LogP contribution in [0.4, 0.5) is 18.9 Å². The van der Waals surface area contributed by atoms with Crippen molar-refractivity contribution in [3.63, 3.8) is 0 Å². The first kappa shape index (κ1) is 30.0. The molecule has 0 saturated carbocycles. The molecule has 218 valence electrons. The van der Waals surface area contributed by atoms with Crippen LogP contribution in [0.3, 0.4) is 0 Å². The molecule has 0 spiro atoms. The van der Waals surface area contributed by atoms with E-state index in [1.165, 1.54) is 19.2 Å². The Hall–Kier alpha value is -2.98. The van der Waals surface area contributed by atoms with Gasteiger partial charge in [0.05, 0.1) is 17.7 Å². The molecular formula is C29H35ClF3N3O4. The second-order valence-corrected chi connectivity index (χ2v) is 11.0. The maximum Gasteiger partial charge on any atom is 0.430 e. The van der Waals surface area contributed by atoms with E-state index in [1.807, 2.05) is 12.1 Å². The molecule has 0 radical (unpaired) electrons. The number of ether oxygens (including phenoxy) is 1. The second kappa shape index (κ2) is 12.3. The maximum absolute atomic E-state index is 14.1. The number of methoxy groups -OCH3 is 1. The van der Waals surface area contributed by atoms with Gasteiger partial charge in [0.25, 0.3) is 17.4 Å². The first-order valence-corrected chi connectivity index (χ1v) is 13.8. The zero-order valence-corrected chi connectivity index (χ0v) is 23.4. The van der Waals surface area contributed by atoms with Gasteiger partial charge in [-0.1, -0.05) is 23.7 Å². The number of carbonyl (C=O) groups is 2. The topological polar surface area (TPSA) is 82.1 Å². The highest BCUT2D eigenvalue weighted by Crippen LogP contribution is 2.42. The first-order chi connectivity index (χ1) is 19.0. The number of aliphatic hydroxyl groups is 1. The van der Waals surface area contributed by atoms with Crippen molar-refractivity contribution in [2.75, 3.05) is 45.2 Å². The molecule has 0 aliphatic carbocycles. The number of anilines is 1. The van der Waals surface area contributed by atoms with Gasteiger partial charge in [-0.15, -0.1) is 0 Å². The lowest BCUT2D eigenvalue weighted by Crippen LogP contribution is -2.57. The highest BCUT2D eigenvalue weighted by atomic mass is 35.5. The van der Waals surface area contributed by atoms with E-state index >= 15 is 0 Å². The molecule has 1 atom stereocenters. The fraction of sp³-hybridized carbons (Fsp3) is 0.517. The molecule has 2 fully saturated rings. The average Bonchev–Trinajstić information content (AvgIpc) is 2.96. The Balaban J connectivity index is 1.31. The molecule has 2 N–H and O–H groups in total. The first-order valence-electron chi connectivity index (χ1n) is 13.5. The SMILES string of the molecule is CNC(=O)c1ccc(N2CCC(CC3CCN(C(=O)[C@](O)(c4cccc(OC)c4)C(F)(F)F)CC3)CC2)cc1Cl. The molecule has 2 saturated heterocycles. The van der Waals surface area contributed by atoms with Crippen LogP contribution in [0.2, 0.25) is 5.02 Å². The molecule has 2 aromatic rings. The van der Waals surface area contributed by atoms with Crippen molar-refractivity contribution in [3.8, 4) is 5.75 Å². The minimum absolute atomic E-state index is 0.127. The van der Waals surface area contributed by atoms with Gasteiger partial charge in [-0.25, -0.2) is 0 Å². The quantitative estimate of drug-likeness (QED) is 0.481. The van der Waals surface area contributed by atoms with Crippen LogP contribution in [0.15, 0.2) is 42.5 Å². The summed E-state index contributed by atoms with van der Waals surface area (Å²) in [4.78, 5) is 28.4. The number of rotatable bonds is 7. The Bertz CT molecular complexity index is 1210. The highest BCUT2D eigenvalue weighted by Gasteiger charge is 2.62. The van der Waals surface area contributed by atoms with Gasteiger partial charge < -0.3 is 25.0 Å². The summed E-state index contributed by atoms with van der Waals surface area (Å²) in [6.45, 7) is 2.02. The summed E-state index contributed by atoms with van der Waals surface area (Å²) >= 11 is 6.32. The van der Waals surface area contributed by atoms with E-state index in [0.29, 0.717) is 35.3 Å². The van der Waals surface area contributed by atoms with Gasteiger partial charge in [0.15, 0.2) is 0 Å². The number of hydrogen-bond donors (Lipinski definition) is 2. The Kier molecular flexibility index (Phi) is 9.19. The number of piperidine rings is 2. The summed E-state index contributed by atoms with van der Waals surface area (Å²) in [6, 6.07) is 10.4. The molecule has 7 nitrogen and oxygen atoms in total. The van der Waals surface area contributed by atoms with Crippen molar-refractivity contribution in [3.05, 3.63) is 58.6 Å². The van der Waals surface area contributed by atoms with E-state index in [4.69, 9.17) is 16.3 Å². The van der Waals surface area contributed by atoms with Crippen LogP contribution in [0, 0.1) is 11.8 Å². The molecule has 4 rings (SSSR count). The summed E-state index contributed by atoms with van der Waals surface area (Å²) in [5, 5.41) is 13.8. The lowest BCUT2D eigenvalue weighted by molar-refractivity contribution is -0.262. The summed E-state index contributed by atoms with van der Waals surface area (Å²) < 4.78 is 47.3. The molecule has 2 aromatic carbocycles. The number of halogens is 4. The molecule has 0 unspecified atom stereocenters. The molecule has 2 aliphatic heterocycles. The molecular weight excluding hydrogens is 547 g/mol. The number of nitrogens with zero attached hydrogens (tertiary/aromatic N) is 2. The van der Waals surface area contributed by atoms with Crippen molar-refractivity contribution < 1.29 is 32.6 Å². The van der Waals surface area contributed by atoms with Gasteiger partial charge in [0, 0.05) is 44.5 Å². The number of alkyl halides is 3. The molecule has 0 aromatic heterocycles. The Morgan fingerprint density at radius 1 is 1.02 bits per heavy atom. The fourth-order valence-corrected chi connectivity index (χ4v) is 6.04. The van der Waals surface area contributed by atoms with E-state index < -0.39 is 23.2 Å². The number of hydrogen-bond acceptors (Lipinski definition) is 5. The van der Waals surface area contributed by atoms with Gasteiger partial charge in [0.1, 0.15) is 5.75 Å². The Morgan fingerprint density at radius 2 is 1.65 bits per heavy atom. The monoisotopic (exact) mass is 581 g/mol. The molecule has 40 heavy (non-hydrogen) atoms. The minimum Gasteiger partial charge on any atom is -0.497 e. The van der Waals surface area contributed by atoms with Gasteiger partial charge in [-0.3, -0.25) is 9.59 Å². The van der Waals surface area contributed by atoms with Crippen LogP contribution in [0.1, 0.15) is 48.0 Å². The average molecular weight is 582 g/mol. The zero-order chi connectivity index (χ0) is 29.1. The number of likely N-dealkylation sites (tertiary alicyclic amines) is 1. The van der Waals surface area contributed by atoms with Crippen molar-refractivity contribution >= 4 is 29.1 Å². The van der Waals surface area contributed by atoms with E-state index in [9.17, 15) is 27.9 Å². The summed E-state index contributed by atoms with van der Waals surface area (Å²) in [5.74, 6) is -0.667. The summed E-state index contributed by atoms with van der Waals surface area (Å²) in [6.07, 6.45) is -1.11. The van der Waals surface area contributed by atoms with Crippen LogP contribution >= 0.6 is 11.6 Å². The van der Waals surface area contributed by atoms with Crippen LogP contribution < -0.4 is 15.0 Å². The molecule has 2 heterocycles. The number of benzene rings is 2. The lowest BCUT2D eigenvalue weighted by Gasteiger charge is -2.40. The smallest absolute Gasteiger partial charge is 0.430 e. The molecule has 2 aliphatic rings. The number of amides is 2. The lowest BCUT2D eigenvalue weighted by atomic mass is 9.82. The molecule has 2 amide bonds.